The lowest BCUT2D eigenvalue weighted by Crippen LogP contribution is -2.07. The van der Waals surface area contributed by atoms with Crippen molar-refractivity contribution in [1.29, 1.82) is 0 Å². The SMILES string of the molecule is COc1ccc(-n2nc(C(F)(F)F)c(O)c2C)cc1. The minimum atomic E-state index is -4.69. The number of benzene rings is 1. The lowest BCUT2D eigenvalue weighted by atomic mass is 10.3. The second-order valence-electron chi connectivity index (χ2n) is 3.89. The maximum absolute atomic E-state index is 12.6. The molecule has 1 N–H and O–H groups in total. The van der Waals surface area contributed by atoms with Crippen LogP contribution in [0, 0.1) is 6.92 Å². The van der Waals surface area contributed by atoms with Gasteiger partial charge in [-0.3, -0.25) is 0 Å². The van der Waals surface area contributed by atoms with E-state index in [0.29, 0.717) is 11.4 Å². The van der Waals surface area contributed by atoms with E-state index in [1.54, 1.807) is 24.3 Å². The number of ether oxygens (including phenoxy) is 1. The van der Waals surface area contributed by atoms with E-state index in [9.17, 15) is 18.3 Å². The second-order valence-corrected chi connectivity index (χ2v) is 3.89. The molecule has 0 bridgehead atoms. The molecular formula is C12H11F3N2O2. The molecule has 1 aromatic heterocycles. The van der Waals surface area contributed by atoms with Crippen LogP contribution in [0.4, 0.5) is 13.2 Å². The van der Waals surface area contributed by atoms with E-state index < -0.39 is 17.6 Å². The summed E-state index contributed by atoms with van der Waals surface area (Å²) >= 11 is 0. The topological polar surface area (TPSA) is 47.3 Å². The van der Waals surface area contributed by atoms with Gasteiger partial charge in [-0.25, -0.2) is 4.68 Å². The molecule has 2 aromatic rings. The summed E-state index contributed by atoms with van der Waals surface area (Å²) in [7, 11) is 1.49. The van der Waals surface area contributed by atoms with Gasteiger partial charge in [0, 0.05) is 0 Å². The summed E-state index contributed by atoms with van der Waals surface area (Å²) in [6, 6.07) is 6.30. The Hall–Kier alpha value is -2.18. The van der Waals surface area contributed by atoms with Crippen molar-refractivity contribution >= 4 is 0 Å². The predicted molar refractivity (Wildman–Crippen MR) is 61.5 cm³/mol. The molecule has 0 amide bonds. The third-order valence-corrected chi connectivity index (χ3v) is 2.67. The van der Waals surface area contributed by atoms with Crippen molar-refractivity contribution < 1.29 is 23.0 Å². The van der Waals surface area contributed by atoms with Crippen LogP contribution in [0.3, 0.4) is 0 Å². The average Bonchev–Trinajstić information content (AvgIpc) is 2.66. The largest absolute Gasteiger partial charge is 0.504 e. The number of nitrogens with zero attached hydrogens (tertiary/aromatic N) is 2. The molecule has 0 aliphatic rings. The summed E-state index contributed by atoms with van der Waals surface area (Å²) < 4.78 is 43.9. The van der Waals surface area contributed by atoms with Crippen molar-refractivity contribution in [2.75, 3.05) is 7.11 Å². The van der Waals surface area contributed by atoms with Gasteiger partial charge in [0.15, 0.2) is 5.75 Å². The van der Waals surface area contributed by atoms with E-state index in [0.717, 1.165) is 4.68 Å². The average molecular weight is 272 g/mol. The minimum Gasteiger partial charge on any atom is -0.504 e. The number of methoxy groups -OCH3 is 1. The van der Waals surface area contributed by atoms with E-state index in [1.807, 2.05) is 0 Å². The fourth-order valence-electron chi connectivity index (χ4n) is 1.66. The summed E-state index contributed by atoms with van der Waals surface area (Å²) in [5, 5.41) is 12.9. The maximum Gasteiger partial charge on any atom is 0.438 e. The number of alkyl halides is 3. The fraction of sp³-hybridized carbons (Fsp3) is 0.250. The second kappa shape index (κ2) is 4.49. The summed E-state index contributed by atoms with van der Waals surface area (Å²) in [6.07, 6.45) is -4.69. The molecule has 0 aliphatic heterocycles. The molecule has 0 fully saturated rings. The van der Waals surface area contributed by atoms with Crippen molar-refractivity contribution in [3.63, 3.8) is 0 Å². The van der Waals surface area contributed by atoms with Gasteiger partial charge >= 0.3 is 6.18 Å². The predicted octanol–water partition coefficient (Wildman–Crippen LogP) is 2.91. The highest BCUT2D eigenvalue weighted by Gasteiger charge is 2.39. The van der Waals surface area contributed by atoms with E-state index in [4.69, 9.17) is 4.74 Å². The number of aromatic hydroxyl groups is 1. The molecule has 0 saturated carbocycles. The standard InChI is InChI=1S/C12H11F3N2O2/c1-7-10(18)11(12(13,14)15)16-17(7)8-3-5-9(19-2)6-4-8/h3-6,18H,1-2H3. The molecule has 7 heteroatoms. The van der Waals surface area contributed by atoms with Crippen LogP contribution in [0.5, 0.6) is 11.5 Å². The molecule has 0 spiro atoms. The van der Waals surface area contributed by atoms with Crippen LogP contribution in [-0.4, -0.2) is 22.0 Å². The molecule has 1 aromatic carbocycles. The van der Waals surface area contributed by atoms with Gasteiger partial charge in [-0.1, -0.05) is 0 Å². The molecule has 2 rings (SSSR count). The molecule has 0 aliphatic carbocycles. The van der Waals surface area contributed by atoms with E-state index in [1.165, 1.54) is 14.0 Å². The highest BCUT2D eigenvalue weighted by molar-refractivity contribution is 5.43. The zero-order chi connectivity index (χ0) is 14.2. The summed E-state index contributed by atoms with van der Waals surface area (Å²) in [5.74, 6) is -0.280. The van der Waals surface area contributed by atoms with Crippen LogP contribution in [0.2, 0.25) is 0 Å². The molecule has 1 heterocycles. The van der Waals surface area contributed by atoms with Gasteiger partial charge in [0.05, 0.1) is 18.5 Å². The van der Waals surface area contributed by atoms with Gasteiger partial charge in [-0.2, -0.15) is 18.3 Å². The molecule has 0 saturated heterocycles. The first-order valence-electron chi connectivity index (χ1n) is 5.35. The molecule has 4 nitrogen and oxygen atoms in total. The highest BCUT2D eigenvalue weighted by atomic mass is 19.4. The zero-order valence-electron chi connectivity index (χ0n) is 10.2. The first-order chi connectivity index (χ1) is 8.84. The van der Waals surface area contributed by atoms with Crippen LogP contribution in [0.15, 0.2) is 24.3 Å². The minimum absolute atomic E-state index is 0.0255. The van der Waals surface area contributed by atoms with Gasteiger partial charge in [0.1, 0.15) is 5.75 Å². The Morgan fingerprint density at radius 1 is 1.21 bits per heavy atom. The van der Waals surface area contributed by atoms with E-state index in [-0.39, 0.29) is 5.69 Å². The molecule has 19 heavy (non-hydrogen) atoms. The Balaban J connectivity index is 2.50. The Kier molecular flexibility index (Phi) is 3.13. The van der Waals surface area contributed by atoms with Crippen molar-refractivity contribution in [2.24, 2.45) is 0 Å². The van der Waals surface area contributed by atoms with Crippen LogP contribution >= 0.6 is 0 Å². The normalized spacial score (nSPS) is 11.6. The maximum atomic E-state index is 12.6. The first-order valence-corrected chi connectivity index (χ1v) is 5.35. The van der Waals surface area contributed by atoms with Gasteiger partial charge in [-0.15, -0.1) is 0 Å². The smallest absolute Gasteiger partial charge is 0.438 e. The molecular weight excluding hydrogens is 261 g/mol. The van der Waals surface area contributed by atoms with Gasteiger partial charge in [0.2, 0.25) is 5.69 Å². The van der Waals surface area contributed by atoms with E-state index >= 15 is 0 Å². The summed E-state index contributed by atoms with van der Waals surface area (Å²) in [6.45, 7) is 1.36. The molecule has 0 radical (unpaired) electrons. The Morgan fingerprint density at radius 2 is 1.79 bits per heavy atom. The van der Waals surface area contributed by atoms with Crippen molar-refractivity contribution in [3.05, 3.63) is 35.7 Å². The van der Waals surface area contributed by atoms with Crippen LogP contribution in [0.1, 0.15) is 11.4 Å². The van der Waals surface area contributed by atoms with Crippen molar-refractivity contribution in [2.45, 2.75) is 13.1 Å². The molecule has 0 atom stereocenters. The monoisotopic (exact) mass is 272 g/mol. The third kappa shape index (κ3) is 2.35. The van der Waals surface area contributed by atoms with Crippen molar-refractivity contribution in [3.8, 4) is 17.2 Å². The van der Waals surface area contributed by atoms with Crippen LogP contribution < -0.4 is 4.74 Å². The molecule has 0 unspecified atom stereocenters. The van der Waals surface area contributed by atoms with Gasteiger partial charge in [0.25, 0.3) is 0 Å². The first kappa shape index (κ1) is 13.3. The fourth-order valence-corrected chi connectivity index (χ4v) is 1.66. The number of hydrogen-bond donors (Lipinski definition) is 1. The number of halogens is 3. The Labute approximate surface area is 107 Å². The lowest BCUT2D eigenvalue weighted by Gasteiger charge is -2.05. The van der Waals surface area contributed by atoms with Gasteiger partial charge < -0.3 is 9.84 Å². The van der Waals surface area contributed by atoms with Crippen LogP contribution in [0.25, 0.3) is 5.69 Å². The number of rotatable bonds is 2. The summed E-state index contributed by atoms with van der Waals surface area (Å²) in [5.41, 5.74) is -0.859. The lowest BCUT2D eigenvalue weighted by molar-refractivity contribution is -0.142. The Bertz CT molecular complexity index is 588. The van der Waals surface area contributed by atoms with Crippen molar-refractivity contribution in [1.82, 2.24) is 9.78 Å². The highest BCUT2D eigenvalue weighted by Crippen LogP contribution is 2.37. The quantitative estimate of drug-likeness (QED) is 0.914. The van der Waals surface area contributed by atoms with Gasteiger partial charge in [-0.05, 0) is 31.2 Å². The zero-order valence-corrected chi connectivity index (χ0v) is 10.2. The number of hydrogen-bond acceptors (Lipinski definition) is 3. The Morgan fingerprint density at radius 3 is 2.21 bits per heavy atom. The number of aromatic nitrogens is 2. The van der Waals surface area contributed by atoms with E-state index in [2.05, 4.69) is 5.10 Å². The molecule has 102 valence electrons. The third-order valence-electron chi connectivity index (χ3n) is 2.67. The van der Waals surface area contributed by atoms with Crippen LogP contribution in [-0.2, 0) is 6.18 Å². The summed E-state index contributed by atoms with van der Waals surface area (Å²) in [4.78, 5) is 0.